The van der Waals surface area contributed by atoms with Crippen LogP contribution < -0.4 is 16.8 Å². The summed E-state index contributed by atoms with van der Waals surface area (Å²) in [5.41, 5.74) is 12.0. The van der Waals surface area contributed by atoms with E-state index in [9.17, 15) is 19.0 Å². The molecule has 0 heterocycles. The number of carbonyl (C=O) groups is 2. The van der Waals surface area contributed by atoms with Gasteiger partial charge in [-0.15, -0.1) is 0 Å². The van der Waals surface area contributed by atoms with E-state index in [1.54, 1.807) is 24.3 Å². The van der Waals surface area contributed by atoms with Crippen molar-refractivity contribution in [1.82, 2.24) is 5.32 Å². The van der Waals surface area contributed by atoms with E-state index in [0.29, 0.717) is 0 Å². The summed E-state index contributed by atoms with van der Waals surface area (Å²) in [5, 5.41) is 11.3. The van der Waals surface area contributed by atoms with Gasteiger partial charge in [0.25, 0.3) is 0 Å². The standard InChI is InChI=1S/C14H22N3O5P/c1-9(15)23(21,22)8-12(14(19)20)17-13(18)11(16)7-10-5-3-2-4-6-10/h2-6,9,11-12H,7-8,15-16H2,1H3,(H,17,18)(H,19,20)(H,21,22)/t9?,11-,12?/m0/s1. The zero-order chi connectivity index (χ0) is 17.6. The predicted molar refractivity (Wildman–Crippen MR) is 86.0 cm³/mol. The molecule has 1 aromatic rings. The lowest BCUT2D eigenvalue weighted by Crippen LogP contribution is -2.51. The van der Waals surface area contributed by atoms with Crippen molar-refractivity contribution >= 4 is 19.2 Å². The molecule has 1 rings (SSSR count). The fourth-order valence-electron chi connectivity index (χ4n) is 1.85. The van der Waals surface area contributed by atoms with Crippen molar-refractivity contribution in [3.05, 3.63) is 35.9 Å². The molecule has 4 atom stereocenters. The minimum atomic E-state index is -3.89. The van der Waals surface area contributed by atoms with Gasteiger partial charge in [0.2, 0.25) is 13.3 Å². The smallest absolute Gasteiger partial charge is 0.326 e. The average molecular weight is 343 g/mol. The number of aliphatic carboxylic acids is 1. The molecule has 0 aliphatic rings. The maximum Gasteiger partial charge on any atom is 0.326 e. The number of benzene rings is 1. The summed E-state index contributed by atoms with van der Waals surface area (Å²) < 4.78 is 11.9. The molecule has 0 radical (unpaired) electrons. The zero-order valence-electron chi connectivity index (χ0n) is 12.8. The Kier molecular flexibility index (Phi) is 6.90. The van der Waals surface area contributed by atoms with E-state index in [-0.39, 0.29) is 6.42 Å². The highest BCUT2D eigenvalue weighted by Crippen LogP contribution is 2.44. The zero-order valence-corrected chi connectivity index (χ0v) is 13.6. The van der Waals surface area contributed by atoms with Gasteiger partial charge in [0.15, 0.2) is 0 Å². The molecule has 7 N–H and O–H groups in total. The minimum Gasteiger partial charge on any atom is -0.480 e. The molecule has 1 amide bonds. The van der Waals surface area contributed by atoms with Crippen molar-refractivity contribution in [2.45, 2.75) is 31.2 Å². The van der Waals surface area contributed by atoms with Gasteiger partial charge in [-0.05, 0) is 18.9 Å². The first-order chi connectivity index (χ1) is 10.6. The van der Waals surface area contributed by atoms with Gasteiger partial charge in [-0.2, -0.15) is 0 Å². The maximum absolute atomic E-state index is 12.0. The Morgan fingerprint density at radius 1 is 1.26 bits per heavy atom. The number of nitrogens with one attached hydrogen (secondary N) is 1. The molecular weight excluding hydrogens is 321 g/mol. The third kappa shape index (κ3) is 6.11. The van der Waals surface area contributed by atoms with Crippen LogP contribution in [0.15, 0.2) is 30.3 Å². The topological polar surface area (TPSA) is 156 Å². The van der Waals surface area contributed by atoms with Gasteiger partial charge in [-0.1, -0.05) is 30.3 Å². The van der Waals surface area contributed by atoms with Gasteiger partial charge in [-0.25, -0.2) is 4.79 Å². The first kappa shape index (κ1) is 19.3. The molecular formula is C14H22N3O5P. The van der Waals surface area contributed by atoms with E-state index in [1.165, 1.54) is 6.92 Å². The molecule has 0 spiro atoms. The molecule has 0 saturated carbocycles. The molecule has 23 heavy (non-hydrogen) atoms. The van der Waals surface area contributed by atoms with Crippen LogP contribution in [-0.4, -0.2) is 45.9 Å². The van der Waals surface area contributed by atoms with Crippen LogP contribution in [0.1, 0.15) is 12.5 Å². The largest absolute Gasteiger partial charge is 0.480 e. The van der Waals surface area contributed by atoms with Gasteiger partial charge in [0.05, 0.1) is 18.0 Å². The van der Waals surface area contributed by atoms with Crippen molar-refractivity contribution in [3.8, 4) is 0 Å². The highest BCUT2D eigenvalue weighted by atomic mass is 31.2. The molecule has 1 aromatic carbocycles. The summed E-state index contributed by atoms with van der Waals surface area (Å²) in [6.45, 7) is 1.31. The Hall–Kier alpha value is -1.73. The van der Waals surface area contributed by atoms with E-state index in [1.807, 2.05) is 6.07 Å². The summed E-state index contributed by atoms with van der Waals surface area (Å²) >= 11 is 0. The molecule has 128 valence electrons. The number of carboxylic acid groups (broad SMARTS) is 1. The Labute approximate surface area is 134 Å². The summed E-state index contributed by atoms with van der Waals surface area (Å²) in [5.74, 6) is -3.20. The molecule has 0 bridgehead atoms. The summed E-state index contributed by atoms with van der Waals surface area (Å²) in [6.07, 6.45) is -0.424. The van der Waals surface area contributed by atoms with Crippen molar-refractivity contribution in [2.24, 2.45) is 11.5 Å². The molecule has 0 aliphatic carbocycles. The van der Waals surface area contributed by atoms with Crippen LogP contribution in [0.25, 0.3) is 0 Å². The first-order valence-electron chi connectivity index (χ1n) is 7.03. The second-order valence-electron chi connectivity index (χ2n) is 5.37. The lowest BCUT2D eigenvalue weighted by atomic mass is 10.1. The van der Waals surface area contributed by atoms with Gasteiger partial charge >= 0.3 is 5.97 Å². The lowest BCUT2D eigenvalue weighted by Gasteiger charge is -2.22. The number of carbonyl (C=O) groups excluding carboxylic acids is 1. The van der Waals surface area contributed by atoms with E-state index < -0.39 is 43.3 Å². The minimum absolute atomic E-state index is 0.225. The van der Waals surface area contributed by atoms with Crippen LogP contribution in [0.2, 0.25) is 0 Å². The highest BCUT2D eigenvalue weighted by Gasteiger charge is 2.33. The number of hydrogen-bond donors (Lipinski definition) is 5. The summed E-state index contributed by atoms with van der Waals surface area (Å²) in [7, 11) is -3.89. The molecule has 3 unspecified atom stereocenters. The summed E-state index contributed by atoms with van der Waals surface area (Å²) in [4.78, 5) is 32.9. The number of rotatable bonds is 8. The van der Waals surface area contributed by atoms with Crippen molar-refractivity contribution in [2.75, 3.05) is 6.16 Å². The second kappa shape index (κ2) is 8.21. The van der Waals surface area contributed by atoms with Gasteiger partial charge in [-0.3, -0.25) is 9.36 Å². The number of hydrogen-bond acceptors (Lipinski definition) is 5. The molecule has 0 aromatic heterocycles. The normalized spacial score (nSPS) is 17.6. The Bertz CT molecular complexity index is 593. The first-order valence-corrected chi connectivity index (χ1v) is 8.94. The van der Waals surface area contributed by atoms with E-state index in [2.05, 4.69) is 5.32 Å². The average Bonchev–Trinajstić information content (AvgIpc) is 2.46. The number of nitrogens with two attached hydrogens (primary N) is 2. The van der Waals surface area contributed by atoms with Gasteiger partial charge in [0, 0.05) is 0 Å². The summed E-state index contributed by atoms with van der Waals surface area (Å²) in [6, 6.07) is 6.51. The number of amides is 1. The van der Waals surface area contributed by atoms with Crippen LogP contribution in [0, 0.1) is 0 Å². The molecule has 0 saturated heterocycles. The van der Waals surface area contributed by atoms with Crippen molar-refractivity contribution in [1.29, 1.82) is 0 Å². The number of carboxylic acids is 1. The quantitative estimate of drug-likeness (QED) is 0.406. The van der Waals surface area contributed by atoms with Crippen LogP contribution in [0.4, 0.5) is 0 Å². The van der Waals surface area contributed by atoms with Crippen LogP contribution in [-0.2, 0) is 20.6 Å². The van der Waals surface area contributed by atoms with Crippen LogP contribution in [0.5, 0.6) is 0 Å². The third-order valence-electron chi connectivity index (χ3n) is 3.33. The Morgan fingerprint density at radius 2 is 1.83 bits per heavy atom. The fourth-order valence-corrected chi connectivity index (χ4v) is 2.96. The van der Waals surface area contributed by atoms with E-state index in [4.69, 9.17) is 16.6 Å². The fraction of sp³-hybridized carbons (Fsp3) is 0.429. The van der Waals surface area contributed by atoms with Gasteiger partial charge < -0.3 is 26.8 Å². The lowest BCUT2D eigenvalue weighted by molar-refractivity contribution is -0.141. The van der Waals surface area contributed by atoms with Crippen molar-refractivity contribution in [3.63, 3.8) is 0 Å². The molecule has 9 heteroatoms. The highest BCUT2D eigenvalue weighted by molar-refractivity contribution is 7.58. The second-order valence-corrected chi connectivity index (χ2v) is 8.07. The molecule has 8 nitrogen and oxygen atoms in total. The predicted octanol–water partition coefficient (Wildman–Crippen LogP) is -0.299. The molecule has 0 aliphatic heterocycles. The maximum atomic E-state index is 12.0. The Balaban J connectivity index is 2.71. The monoisotopic (exact) mass is 343 g/mol. The van der Waals surface area contributed by atoms with E-state index in [0.717, 1.165) is 5.56 Å². The van der Waals surface area contributed by atoms with E-state index >= 15 is 0 Å². The molecule has 0 fully saturated rings. The van der Waals surface area contributed by atoms with Crippen molar-refractivity contribution < 1.29 is 24.2 Å². The van der Waals surface area contributed by atoms with Gasteiger partial charge in [0.1, 0.15) is 6.04 Å². The Morgan fingerprint density at radius 3 is 2.30 bits per heavy atom. The third-order valence-corrected chi connectivity index (χ3v) is 5.49. The van der Waals surface area contributed by atoms with Crippen LogP contribution >= 0.6 is 7.37 Å². The SMILES string of the molecule is CC(N)P(=O)(O)CC(NC(=O)[C@@H](N)Cc1ccccc1)C(=O)O. The van der Waals surface area contributed by atoms with Crippen LogP contribution in [0.3, 0.4) is 0 Å².